The second kappa shape index (κ2) is 6.28. The number of Topliss-reactive ketones (excluding diaryl/α,β-unsaturated/α-hetero) is 2. The quantitative estimate of drug-likeness (QED) is 0.599. The fourth-order valence-electron chi connectivity index (χ4n) is 2.05. The zero-order chi connectivity index (χ0) is 14.5. The van der Waals surface area contributed by atoms with Gasteiger partial charge in [-0.3, -0.25) is 14.3 Å². The third-order valence-corrected chi connectivity index (χ3v) is 3.14. The fraction of sp³-hybridized carbons (Fsp3) is 0.312. The molecule has 2 rings (SSSR count). The number of hydrogen-bond acceptors (Lipinski definition) is 3. The van der Waals surface area contributed by atoms with Crippen LogP contribution in [0.3, 0.4) is 0 Å². The van der Waals surface area contributed by atoms with Gasteiger partial charge >= 0.3 is 0 Å². The molecule has 0 unspecified atom stereocenters. The predicted molar refractivity (Wildman–Crippen MR) is 76.9 cm³/mol. The summed E-state index contributed by atoms with van der Waals surface area (Å²) in [5.74, 6) is -0.406. The van der Waals surface area contributed by atoms with Crippen LogP contribution in [0.4, 0.5) is 0 Å². The van der Waals surface area contributed by atoms with E-state index in [1.165, 1.54) is 5.56 Å². The molecule has 0 spiro atoms. The summed E-state index contributed by atoms with van der Waals surface area (Å²) < 4.78 is 1.55. The van der Waals surface area contributed by atoms with Crippen LogP contribution >= 0.6 is 0 Å². The van der Waals surface area contributed by atoms with Gasteiger partial charge in [0, 0.05) is 18.8 Å². The molecule has 0 aliphatic heterocycles. The molecule has 1 aromatic carbocycles. The first-order chi connectivity index (χ1) is 9.60. The van der Waals surface area contributed by atoms with E-state index in [1.807, 2.05) is 12.1 Å². The number of benzene rings is 1. The van der Waals surface area contributed by atoms with Gasteiger partial charge in [0.15, 0.2) is 11.6 Å². The van der Waals surface area contributed by atoms with Gasteiger partial charge in [-0.1, -0.05) is 37.6 Å². The van der Waals surface area contributed by atoms with Crippen molar-refractivity contribution in [1.29, 1.82) is 0 Å². The first-order valence-electron chi connectivity index (χ1n) is 6.75. The minimum absolute atomic E-state index is 0.135. The lowest BCUT2D eigenvalue weighted by Crippen LogP contribution is -2.09. The molecule has 0 atom stereocenters. The molecule has 4 heteroatoms. The Morgan fingerprint density at radius 3 is 2.35 bits per heavy atom. The summed E-state index contributed by atoms with van der Waals surface area (Å²) in [6.07, 6.45) is 3.63. The molecule has 0 bridgehead atoms. The second-order valence-electron chi connectivity index (χ2n) is 4.84. The number of aryl methyl sites for hydroxylation is 2. The van der Waals surface area contributed by atoms with Crippen molar-refractivity contribution < 1.29 is 9.59 Å². The number of aromatic nitrogens is 2. The lowest BCUT2D eigenvalue weighted by molar-refractivity contribution is 0.0891. The maximum atomic E-state index is 12.0. The highest BCUT2D eigenvalue weighted by molar-refractivity contribution is 6.12. The van der Waals surface area contributed by atoms with Crippen LogP contribution in [0.15, 0.2) is 36.5 Å². The molecule has 0 saturated heterocycles. The molecule has 0 radical (unpaired) electrons. The summed E-state index contributed by atoms with van der Waals surface area (Å²) >= 11 is 0. The summed E-state index contributed by atoms with van der Waals surface area (Å²) in [6, 6.07) is 9.10. The Morgan fingerprint density at radius 1 is 1.10 bits per heavy atom. The average Bonchev–Trinajstić information content (AvgIpc) is 2.86. The van der Waals surface area contributed by atoms with E-state index in [0.717, 1.165) is 12.8 Å². The maximum Gasteiger partial charge on any atom is 0.190 e. The third-order valence-electron chi connectivity index (χ3n) is 3.14. The lowest BCUT2D eigenvalue weighted by atomic mass is 10.0. The van der Waals surface area contributed by atoms with Gasteiger partial charge in [0.25, 0.3) is 0 Å². The van der Waals surface area contributed by atoms with Crippen molar-refractivity contribution in [3.63, 3.8) is 0 Å². The van der Waals surface area contributed by atoms with Crippen molar-refractivity contribution in [2.75, 3.05) is 0 Å². The van der Waals surface area contributed by atoms with Crippen LogP contribution in [0.2, 0.25) is 0 Å². The zero-order valence-electron chi connectivity index (χ0n) is 11.8. The molecular weight excluding hydrogens is 252 g/mol. The van der Waals surface area contributed by atoms with Gasteiger partial charge in [-0.2, -0.15) is 5.10 Å². The van der Waals surface area contributed by atoms with Crippen LogP contribution in [0.25, 0.3) is 0 Å². The topological polar surface area (TPSA) is 52.0 Å². The second-order valence-corrected chi connectivity index (χ2v) is 4.84. The van der Waals surface area contributed by atoms with Crippen LogP contribution in [-0.2, 0) is 13.5 Å². The number of rotatable bonds is 6. The molecule has 104 valence electrons. The van der Waals surface area contributed by atoms with E-state index in [0.29, 0.717) is 11.3 Å². The molecule has 4 nitrogen and oxygen atoms in total. The molecule has 2 aromatic rings. The molecule has 1 aromatic heterocycles. The average molecular weight is 270 g/mol. The van der Waals surface area contributed by atoms with E-state index in [-0.39, 0.29) is 18.0 Å². The first kappa shape index (κ1) is 14.2. The van der Waals surface area contributed by atoms with E-state index in [4.69, 9.17) is 0 Å². The third kappa shape index (κ3) is 3.41. The number of ketones is 2. The lowest BCUT2D eigenvalue weighted by Gasteiger charge is -2.02. The molecule has 0 N–H and O–H groups in total. The van der Waals surface area contributed by atoms with E-state index in [9.17, 15) is 9.59 Å². The van der Waals surface area contributed by atoms with Crippen molar-refractivity contribution in [3.05, 3.63) is 53.3 Å². The van der Waals surface area contributed by atoms with E-state index in [2.05, 4.69) is 12.0 Å². The highest BCUT2D eigenvalue weighted by atomic mass is 16.1. The van der Waals surface area contributed by atoms with Crippen LogP contribution in [-0.4, -0.2) is 21.3 Å². The zero-order valence-corrected chi connectivity index (χ0v) is 11.8. The van der Waals surface area contributed by atoms with E-state index >= 15 is 0 Å². The van der Waals surface area contributed by atoms with E-state index < -0.39 is 0 Å². The monoisotopic (exact) mass is 270 g/mol. The molecule has 20 heavy (non-hydrogen) atoms. The van der Waals surface area contributed by atoms with E-state index in [1.54, 1.807) is 36.1 Å². The summed E-state index contributed by atoms with van der Waals surface area (Å²) in [5, 5.41) is 4.01. The van der Waals surface area contributed by atoms with Crippen molar-refractivity contribution in [3.8, 4) is 0 Å². The van der Waals surface area contributed by atoms with Crippen LogP contribution < -0.4 is 0 Å². The number of hydrogen-bond donors (Lipinski definition) is 0. The highest BCUT2D eigenvalue weighted by Gasteiger charge is 2.15. The highest BCUT2D eigenvalue weighted by Crippen LogP contribution is 2.10. The Bertz CT molecular complexity index is 612. The van der Waals surface area contributed by atoms with Crippen molar-refractivity contribution in [2.45, 2.75) is 26.2 Å². The Hall–Kier alpha value is -2.23. The Morgan fingerprint density at radius 2 is 1.80 bits per heavy atom. The molecule has 0 fully saturated rings. The van der Waals surface area contributed by atoms with Gasteiger partial charge in [-0.25, -0.2) is 0 Å². The van der Waals surface area contributed by atoms with Crippen LogP contribution in [0.5, 0.6) is 0 Å². The largest absolute Gasteiger partial charge is 0.294 e. The van der Waals surface area contributed by atoms with Gasteiger partial charge in [-0.05, 0) is 18.1 Å². The molecule has 0 saturated carbocycles. The normalized spacial score (nSPS) is 10.5. The first-order valence-corrected chi connectivity index (χ1v) is 6.75. The molecular formula is C16H18N2O2. The number of nitrogens with zero attached hydrogens (tertiary/aromatic N) is 2. The SMILES string of the molecule is CCCc1ccc(C(=O)CC(=O)c2ccn(C)n2)cc1. The van der Waals surface area contributed by atoms with Crippen molar-refractivity contribution in [2.24, 2.45) is 7.05 Å². The molecule has 0 amide bonds. The summed E-state index contributed by atoms with van der Waals surface area (Å²) in [7, 11) is 1.74. The van der Waals surface area contributed by atoms with Crippen molar-refractivity contribution >= 4 is 11.6 Å². The van der Waals surface area contributed by atoms with Crippen LogP contribution in [0, 0.1) is 0 Å². The number of carbonyl (C=O) groups is 2. The minimum Gasteiger partial charge on any atom is -0.294 e. The summed E-state index contributed by atoms with van der Waals surface area (Å²) in [6.45, 7) is 2.12. The van der Waals surface area contributed by atoms with Gasteiger partial charge in [0.2, 0.25) is 0 Å². The summed E-state index contributed by atoms with van der Waals surface area (Å²) in [4.78, 5) is 24.0. The van der Waals surface area contributed by atoms with Crippen LogP contribution in [0.1, 0.15) is 46.2 Å². The summed E-state index contributed by atoms with van der Waals surface area (Å²) in [5.41, 5.74) is 2.12. The molecule has 0 aliphatic carbocycles. The van der Waals surface area contributed by atoms with Gasteiger partial charge < -0.3 is 0 Å². The Kier molecular flexibility index (Phi) is 4.45. The molecule has 1 heterocycles. The van der Waals surface area contributed by atoms with Gasteiger partial charge in [0.1, 0.15) is 5.69 Å². The minimum atomic E-state index is -0.242. The number of carbonyl (C=O) groups excluding carboxylic acids is 2. The smallest absolute Gasteiger partial charge is 0.190 e. The Balaban J connectivity index is 2.02. The van der Waals surface area contributed by atoms with Gasteiger partial charge in [-0.15, -0.1) is 0 Å². The van der Waals surface area contributed by atoms with Crippen molar-refractivity contribution in [1.82, 2.24) is 9.78 Å². The predicted octanol–water partition coefficient (Wildman–Crippen LogP) is 2.83. The fourth-order valence-corrected chi connectivity index (χ4v) is 2.05. The molecule has 0 aliphatic rings. The van der Waals surface area contributed by atoms with Gasteiger partial charge in [0.05, 0.1) is 6.42 Å². The standard InChI is InChI=1S/C16H18N2O2/c1-3-4-12-5-7-13(8-6-12)15(19)11-16(20)14-9-10-18(2)17-14/h5-10H,3-4,11H2,1-2H3. The maximum absolute atomic E-state index is 12.0. The Labute approximate surface area is 118 Å².